The van der Waals surface area contributed by atoms with Crippen LogP contribution in [0.1, 0.15) is 29.3 Å². The summed E-state index contributed by atoms with van der Waals surface area (Å²) >= 11 is 5.50. The molecule has 4 rings (SSSR count). The van der Waals surface area contributed by atoms with Crippen LogP contribution in [0.25, 0.3) is 10.9 Å². The number of nitrogens with one attached hydrogen (secondary N) is 1. The molecule has 0 saturated carbocycles. The van der Waals surface area contributed by atoms with Gasteiger partial charge in [0.1, 0.15) is 0 Å². The number of fused-ring (bicyclic) bond motifs is 2. The fraction of sp³-hybridized carbons (Fsp3) is 0.235. The summed E-state index contributed by atoms with van der Waals surface area (Å²) in [5, 5.41) is 4.93. The predicted octanol–water partition coefficient (Wildman–Crippen LogP) is 5.55. The van der Waals surface area contributed by atoms with Crippen LogP contribution in [0.4, 0.5) is 5.69 Å². The molecule has 0 spiro atoms. The molecular weight excluding hydrogens is 344 g/mol. The third-order valence-corrected chi connectivity index (χ3v) is 5.77. The van der Waals surface area contributed by atoms with Crippen LogP contribution in [0.3, 0.4) is 0 Å². The van der Waals surface area contributed by atoms with Gasteiger partial charge in [-0.3, -0.25) is 4.98 Å². The van der Waals surface area contributed by atoms with Crippen molar-refractivity contribution in [1.29, 1.82) is 0 Å². The Morgan fingerprint density at radius 3 is 3.14 bits per heavy atom. The van der Waals surface area contributed by atoms with Crippen LogP contribution >= 0.6 is 27.3 Å². The number of benzene rings is 1. The largest absolute Gasteiger partial charge is 0.378 e. The molecule has 0 saturated heterocycles. The number of pyridine rings is 1. The summed E-state index contributed by atoms with van der Waals surface area (Å²) in [6.45, 7) is 0. The van der Waals surface area contributed by atoms with Gasteiger partial charge in [0.15, 0.2) is 0 Å². The second-order valence-corrected chi connectivity index (χ2v) is 7.91. The minimum atomic E-state index is 0.405. The van der Waals surface area contributed by atoms with Crippen molar-refractivity contribution < 1.29 is 0 Å². The zero-order valence-electron chi connectivity index (χ0n) is 11.5. The minimum Gasteiger partial charge on any atom is -0.378 e. The lowest BCUT2D eigenvalue weighted by molar-refractivity contribution is 0.609. The molecule has 2 nitrogen and oxygen atoms in total. The van der Waals surface area contributed by atoms with Gasteiger partial charge >= 0.3 is 0 Å². The van der Waals surface area contributed by atoms with Gasteiger partial charge in [-0.05, 0) is 71.1 Å². The molecule has 1 aromatic carbocycles. The summed E-state index contributed by atoms with van der Waals surface area (Å²) < 4.78 is 1.24. The third-order valence-electron chi connectivity index (χ3n) is 4.06. The molecule has 3 aromatic rings. The Bertz CT molecular complexity index is 791. The first-order valence-electron chi connectivity index (χ1n) is 7.19. The molecule has 106 valence electrons. The van der Waals surface area contributed by atoms with Gasteiger partial charge in [-0.1, -0.05) is 6.07 Å². The van der Waals surface area contributed by atoms with Gasteiger partial charge in [0, 0.05) is 22.1 Å². The Kier molecular flexibility index (Phi) is 3.43. The van der Waals surface area contributed by atoms with E-state index in [9.17, 15) is 0 Å². The Morgan fingerprint density at radius 2 is 2.19 bits per heavy atom. The number of aromatic nitrogens is 1. The van der Waals surface area contributed by atoms with Crippen molar-refractivity contribution in [3.63, 3.8) is 0 Å². The molecule has 1 N–H and O–H groups in total. The molecule has 0 radical (unpaired) electrons. The number of anilines is 1. The normalized spacial score (nSPS) is 17.7. The molecule has 2 heterocycles. The van der Waals surface area contributed by atoms with E-state index in [0.29, 0.717) is 6.04 Å². The lowest BCUT2D eigenvalue weighted by Gasteiger charge is -2.25. The number of rotatable bonds is 2. The number of aryl methyl sites for hydroxylation is 1. The quantitative estimate of drug-likeness (QED) is 0.649. The Hall–Kier alpha value is -1.39. The molecule has 1 atom stereocenters. The average molecular weight is 359 g/mol. The number of nitrogens with zero attached hydrogens (tertiary/aromatic N) is 1. The molecule has 0 aliphatic heterocycles. The van der Waals surface area contributed by atoms with Crippen molar-refractivity contribution in [2.45, 2.75) is 25.3 Å². The average Bonchev–Trinajstić information content (AvgIpc) is 2.89. The van der Waals surface area contributed by atoms with Crippen molar-refractivity contribution in [1.82, 2.24) is 4.98 Å². The van der Waals surface area contributed by atoms with Gasteiger partial charge in [0.25, 0.3) is 0 Å². The van der Waals surface area contributed by atoms with E-state index in [1.807, 2.05) is 23.6 Å². The first-order valence-corrected chi connectivity index (χ1v) is 8.80. The summed E-state index contributed by atoms with van der Waals surface area (Å²) in [4.78, 5) is 5.96. The maximum absolute atomic E-state index is 4.44. The summed E-state index contributed by atoms with van der Waals surface area (Å²) in [7, 11) is 0. The SMILES string of the molecule is Brc1cc2c(s1)CCCC2Nc1cccc2ncccc12. The molecule has 1 aliphatic carbocycles. The maximum atomic E-state index is 4.44. The summed E-state index contributed by atoms with van der Waals surface area (Å²) in [5.41, 5.74) is 3.69. The van der Waals surface area contributed by atoms with E-state index in [1.165, 1.54) is 44.6 Å². The smallest absolute Gasteiger partial charge is 0.0722 e. The monoisotopic (exact) mass is 358 g/mol. The number of halogens is 1. The van der Waals surface area contributed by atoms with Crippen molar-refractivity contribution >= 4 is 43.9 Å². The van der Waals surface area contributed by atoms with Gasteiger partial charge in [0.2, 0.25) is 0 Å². The number of hydrogen-bond donors (Lipinski definition) is 1. The highest BCUT2D eigenvalue weighted by molar-refractivity contribution is 9.11. The van der Waals surface area contributed by atoms with E-state index in [2.05, 4.69) is 56.6 Å². The molecule has 0 fully saturated rings. The lowest BCUT2D eigenvalue weighted by atomic mass is 9.93. The highest BCUT2D eigenvalue weighted by Gasteiger charge is 2.22. The van der Waals surface area contributed by atoms with E-state index in [1.54, 1.807) is 0 Å². The first kappa shape index (κ1) is 13.3. The van der Waals surface area contributed by atoms with Gasteiger partial charge in [-0.25, -0.2) is 0 Å². The molecule has 2 aromatic heterocycles. The van der Waals surface area contributed by atoms with E-state index >= 15 is 0 Å². The Morgan fingerprint density at radius 1 is 1.24 bits per heavy atom. The standard InChI is InChI=1S/C17H15BrN2S/c18-17-10-12-15(7-2-8-16(12)21-17)20-14-6-1-5-13-11(14)4-3-9-19-13/h1,3-6,9-10,15,20H,2,7-8H2. The zero-order valence-corrected chi connectivity index (χ0v) is 13.9. The molecule has 1 aliphatic rings. The molecule has 21 heavy (non-hydrogen) atoms. The van der Waals surface area contributed by atoms with Crippen molar-refractivity contribution in [2.75, 3.05) is 5.32 Å². The third kappa shape index (κ3) is 2.47. The van der Waals surface area contributed by atoms with E-state index in [-0.39, 0.29) is 0 Å². The van der Waals surface area contributed by atoms with Crippen LogP contribution in [-0.2, 0) is 6.42 Å². The van der Waals surface area contributed by atoms with E-state index < -0.39 is 0 Å². The van der Waals surface area contributed by atoms with Gasteiger partial charge < -0.3 is 5.32 Å². The highest BCUT2D eigenvalue weighted by Crippen LogP contribution is 2.40. The van der Waals surface area contributed by atoms with E-state index in [0.717, 1.165) is 5.52 Å². The second-order valence-electron chi connectivity index (χ2n) is 5.39. The van der Waals surface area contributed by atoms with Gasteiger partial charge in [-0.2, -0.15) is 0 Å². The molecule has 0 amide bonds. The lowest BCUT2D eigenvalue weighted by Crippen LogP contribution is -2.15. The minimum absolute atomic E-state index is 0.405. The zero-order chi connectivity index (χ0) is 14.2. The summed E-state index contributed by atoms with van der Waals surface area (Å²) in [5.74, 6) is 0. The molecule has 0 bridgehead atoms. The predicted molar refractivity (Wildman–Crippen MR) is 93.1 cm³/mol. The van der Waals surface area contributed by atoms with Crippen molar-refractivity contribution in [3.8, 4) is 0 Å². The van der Waals surface area contributed by atoms with Crippen LogP contribution in [0.5, 0.6) is 0 Å². The Labute approximate surface area is 136 Å². The maximum Gasteiger partial charge on any atom is 0.0722 e. The van der Waals surface area contributed by atoms with Crippen LogP contribution in [0, 0.1) is 0 Å². The molecular formula is C17H15BrN2S. The van der Waals surface area contributed by atoms with Gasteiger partial charge in [0.05, 0.1) is 15.3 Å². The number of thiophene rings is 1. The molecule has 4 heteroatoms. The van der Waals surface area contributed by atoms with Crippen LogP contribution in [0.15, 0.2) is 46.4 Å². The van der Waals surface area contributed by atoms with Crippen LogP contribution in [-0.4, -0.2) is 4.98 Å². The first-order chi connectivity index (χ1) is 10.3. The van der Waals surface area contributed by atoms with Crippen LogP contribution < -0.4 is 5.32 Å². The van der Waals surface area contributed by atoms with E-state index in [4.69, 9.17) is 0 Å². The Balaban J connectivity index is 1.73. The second kappa shape index (κ2) is 5.43. The van der Waals surface area contributed by atoms with Crippen molar-refractivity contribution in [2.24, 2.45) is 0 Å². The highest BCUT2D eigenvalue weighted by atomic mass is 79.9. The van der Waals surface area contributed by atoms with Crippen molar-refractivity contribution in [3.05, 3.63) is 56.8 Å². The van der Waals surface area contributed by atoms with Gasteiger partial charge in [-0.15, -0.1) is 11.3 Å². The van der Waals surface area contributed by atoms with Crippen LogP contribution in [0.2, 0.25) is 0 Å². The molecule has 1 unspecified atom stereocenters. The summed E-state index contributed by atoms with van der Waals surface area (Å²) in [6.07, 6.45) is 5.50. The topological polar surface area (TPSA) is 24.9 Å². The fourth-order valence-electron chi connectivity index (χ4n) is 3.09. The summed E-state index contributed by atoms with van der Waals surface area (Å²) in [6, 6.07) is 13.1. The fourth-order valence-corrected chi connectivity index (χ4v) is 4.91. The number of hydrogen-bond acceptors (Lipinski definition) is 3.